The predicted molar refractivity (Wildman–Crippen MR) is 100 cm³/mol. The highest BCUT2D eigenvalue weighted by atomic mass is 19.4. The van der Waals surface area contributed by atoms with E-state index >= 15 is 0 Å². The zero-order valence-corrected chi connectivity index (χ0v) is 16.7. The number of halogens is 3. The molecule has 1 saturated heterocycles. The summed E-state index contributed by atoms with van der Waals surface area (Å²) in [6.45, 7) is 5.97. The molecular weight excluding hydrogens is 375 g/mol. The van der Waals surface area contributed by atoms with Crippen molar-refractivity contribution in [3.8, 4) is 0 Å². The Kier molecular flexibility index (Phi) is 8.49. The molecule has 1 unspecified atom stereocenters. The van der Waals surface area contributed by atoms with Crippen molar-refractivity contribution in [3.63, 3.8) is 0 Å². The van der Waals surface area contributed by atoms with Crippen molar-refractivity contribution in [1.29, 1.82) is 0 Å². The van der Waals surface area contributed by atoms with Gasteiger partial charge in [0.1, 0.15) is 12.4 Å². The number of likely N-dealkylation sites (tertiary alicyclic amines) is 1. The van der Waals surface area contributed by atoms with Crippen LogP contribution in [0.5, 0.6) is 0 Å². The Morgan fingerprint density at radius 3 is 2.79 bits per heavy atom. The van der Waals surface area contributed by atoms with E-state index in [4.69, 9.17) is 4.74 Å². The summed E-state index contributed by atoms with van der Waals surface area (Å²) in [4.78, 5) is 5.95. The van der Waals surface area contributed by atoms with Crippen LogP contribution in [0.4, 0.5) is 13.2 Å². The number of aliphatic imine (C=N–C) groups is 1. The van der Waals surface area contributed by atoms with E-state index in [-0.39, 0.29) is 6.04 Å². The van der Waals surface area contributed by atoms with Crippen molar-refractivity contribution in [2.75, 3.05) is 39.4 Å². The summed E-state index contributed by atoms with van der Waals surface area (Å²) < 4.78 is 44.9. The van der Waals surface area contributed by atoms with Gasteiger partial charge in [-0.3, -0.25) is 4.90 Å². The second kappa shape index (κ2) is 10.6. The maximum Gasteiger partial charge on any atom is 0.401 e. The average molecular weight is 405 g/mol. The summed E-state index contributed by atoms with van der Waals surface area (Å²) >= 11 is 0. The van der Waals surface area contributed by atoms with Gasteiger partial charge in [-0.2, -0.15) is 13.2 Å². The summed E-state index contributed by atoms with van der Waals surface area (Å²) in [6, 6.07) is -0.0817. The minimum atomic E-state index is -4.17. The topological polar surface area (TPSA) is 79.6 Å². The average Bonchev–Trinajstić information content (AvgIpc) is 3.18. The molecule has 1 aromatic rings. The molecule has 11 heteroatoms. The van der Waals surface area contributed by atoms with E-state index in [0.717, 1.165) is 18.1 Å². The largest absolute Gasteiger partial charge is 0.401 e. The number of aromatic nitrogens is 3. The van der Waals surface area contributed by atoms with Gasteiger partial charge in [-0.15, -0.1) is 10.2 Å². The minimum Gasteiger partial charge on any atom is -0.382 e. The Labute approximate surface area is 163 Å². The number of hydrogen-bond donors (Lipinski definition) is 2. The zero-order valence-electron chi connectivity index (χ0n) is 16.7. The highest BCUT2D eigenvalue weighted by Crippen LogP contribution is 2.19. The SMILES string of the molecule is CCOCCCNC(=NCc1nnc(C)n1C)NC1CCN(CC(F)(F)F)C1. The first-order valence-electron chi connectivity index (χ1n) is 9.55. The normalized spacial score (nSPS) is 18.6. The third kappa shape index (κ3) is 7.63. The molecule has 0 aliphatic carbocycles. The number of nitrogens with zero attached hydrogens (tertiary/aromatic N) is 5. The molecule has 2 heterocycles. The minimum absolute atomic E-state index is 0.0817. The maximum absolute atomic E-state index is 12.6. The van der Waals surface area contributed by atoms with Crippen molar-refractivity contribution in [1.82, 2.24) is 30.3 Å². The Morgan fingerprint density at radius 1 is 1.36 bits per heavy atom. The molecule has 8 nitrogen and oxygen atoms in total. The van der Waals surface area contributed by atoms with Gasteiger partial charge in [0.15, 0.2) is 11.8 Å². The van der Waals surface area contributed by atoms with Gasteiger partial charge >= 0.3 is 6.18 Å². The van der Waals surface area contributed by atoms with Crippen LogP contribution in [-0.4, -0.2) is 77.2 Å². The van der Waals surface area contributed by atoms with Gasteiger partial charge in [0.25, 0.3) is 0 Å². The van der Waals surface area contributed by atoms with Gasteiger partial charge in [-0.25, -0.2) is 4.99 Å². The van der Waals surface area contributed by atoms with Crippen LogP contribution in [0.15, 0.2) is 4.99 Å². The van der Waals surface area contributed by atoms with E-state index in [1.165, 1.54) is 4.90 Å². The fraction of sp³-hybridized carbons (Fsp3) is 0.824. The standard InChI is InChI=1S/C17H30F3N7O/c1-4-28-9-5-7-21-16(22-10-15-25-24-13(2)26(15)3)23-14-6-8-27(11-14)12-17(18,19)20/h14H,4-12H2,1-3H3,(H2,21,22,23). The van der Waals surface area contributed by atoms with Gasteiger partial charge in [0.2, 0.25) is 0 Å². The Hall–Kier alpha value is -1.88. The van der Waals surface area contributed by atoms with Crippen molar-refractivity contribution in [3.05, 3.63) is 11.6 Å². The lowest BCUT2D eigenvalue weighted by Crippen LogP contribution is -2.45. The third-order valence-corrected chi connectivity index (χ3v) is 4.54. The van der Waals surface area contributed by atoms with Gasteiger partial charge in [0.05, 0.1) is 6.54 Å². The summed E-state index contributed by atoms with van der Waals surface area (Å²) in [7, 11) is 1.87. The van der Waals surface area contributed by atoms with Gasteiger partial charge in [0, 0.05) is 45.9 Å². The molecule has 0 saturated carbocycles. The zero-order chi connectivity index (χ0) is 20.6. The number of guanidine groups is 1. The van der Waals surface area contributed by atoms with Crippen molar-refractivity contribution >= 4 is 5.96 Å². The summed E-state index contributed by atoms with van der Waals surface area (Å²) in [6.07, 6.45) is -2.73. The molecule has 1 aromatic heterocycles. The van der Waals surface area contributed by atoms with Crippen LogP contribution in [-0.2, 0) is 18.3 Å². The molecule has 1 aliphatic heterocycles. The highest BCUT2D eigenvalue weighted by molar-refractivity contribution is 5.80. The van der Waals surface area contributed by atoms with E-state index in [0.29, 0.717) is 51.8 Å². The van der Waals surface area contributed by atoms with E-state index in [2.05, 4.69) is 25.8 Å². The van der Waals surface area contributed by atoms with Crippen LogP contribution < -0.4 is 10.6 Å². The molecular formula is C17H30F3N7O. The Balaban J connectivity index is 1.92. The number of hydrogen-bond acceptors (Lipinski definition) is 5. The van der Waals surface area contributed by atoms with E-state index in [1.807, 2.05) is 25.5 Å². The van der Waals surface area contributed by atoms with E-state index in [1.54, 1.807) is 0 Å². The number of aryl methyl sites for hydroxylation is 1. The van der Waals surface area contributed by atoms with Gasteiger partial charge in [-0.1, -0.05) is 0 Å². The highest BCUT2D eigenvalue weighted by Gasteiger charge is 2.34. The smallest absolute Gasteiger partial charge is 0.382 e. The lowest BCUT2D eigenvalue weighted by molar-refractivity contribution is -0.143. The first-order valence-corrected chi connectivity index (χ1v) is 9.55. The number of ether oxygens (including phenoxy) is 1. The molecule has 2 N–H and O–H groups in total. The first-order chi connectivity index (χ1) is 13.3. The lowest BCUT2D eigenvalue weighted by atomic mass is 10.3. The van der Waals surface area contributed by atoms with Crippen molar-refractivity contribution in [2.45, 2.75) is 45.5 Å². The van der Waals surface area contributed by atoms with Crippen LogP contribution in [0.2, 0.25) is 0 Å². The quantitative estimate of drug-likeness (QED) is 0.365. The molecule has 28 heavy (non-hydrogen) atoms. The fourth-order valence-electron chi connectivity index (χ4n) is 2.96. The van der Waals surface area contributed by atoms with Gasteiger partial charge in [-0.05, 0) is 26.7 Å². The number of rotatable bonds is 9. The summed E-state index contributed by atoms with van der Waals surface area (Å²) in [5.41, 5.74) is 0. The van der Waals surface area contributed by atoms with Gasteiger partial charge < -0.3 is 19.9 Å². The second-order valence-electron chi connectivity index (χ2n) is 6.84. The van der Waals surface area contributed by atoms with Crippen LogP contribution in [0.3, 0.4) is 0 Å². The third-order valence-electron chi connectivity index (χ3n) is 4.54. The Bertz CT molecular complexity index is 633. The number of alkyl halides is 3. The van der Waals surface area contributed by atoms with Crippen molar-refractivity contribution < 1.29 is 17.9 Å². The van der Waals surface area contributed by atoms with Crippen LogP contribution in [0.25, 0.3) is 0 Å². The molecule has 1 aliphatic rings. The molecule has 0 spiro atoms. The molecule has 1 atom stereocenters. The summed E-state index contributed by atoms with van der Waals surface area (Å²) in [5, 5.41) is 14.6. The molecule has 0 radical (unpaired) electrons. The monoisotopic (exact) mass is 405 g/mol. The van der Waals surface area contributed by atoms with Crippen LogP contribution >= 0.6 is 0 Å². The predicted octanol–water partition coefficient (Wildman–Crippen LogP) is 1.22. The molecule has 1 fully saturated rings. The molecule has 0 amide bonds. The Morgan fingerprint density at radius 2 is 2.14 bits per heavy atom. The molecule has 0 aromatic carbocycles. The van der Waals surface area contributed by atoms with Crippen LogP contribution in [0, 0.1) is 6.92 Å². The first kappa shape index (κ1) is 22.4. The van der Waals surface area contributed by atoms with Crippen LogP contribution in [0.1, 0.15) is 31.4 Å². The fourth-order valence-corrected chi connectivity index (χ4v) is 2.96. The van der Waals surface area contributed by atoms with E-state index < -0.39 is 12.7 Å². The molecule has 0 bridgehead atoms. The molecule has 160 valence electrons. The molecule has 2 rings (SSSR count). The maximum atomic E-state index is 12.6. The number of nitrogens with one attached hydrogen (secondary N) is 2. The van der Waals surface area contributed by atoms with Crippen molar-refractivity contribution in [2.24, 2.45) is 12.0 Å². The lowest BCUT2D eigenvalue weighted by Gasteiger charge is -2.20. The van der Waals surface area contributed by atoms with E-state index in [9.17, 15) is 13.2 Å². The summed E-state index contributed by atoms with van der Waals surface area (Å²) in [5.74, 6) is 2.08. The second-order valence-corrected chi connectivity index (χ2v) is 6.84.